The van der Waals surface area contributed by atoms with E-state index in [1.165, 1.54) is 10.5 Å². The highest BCUT2D eigenvalue weighted by molar-refractivity contribution is 5.90. The number of aromatic nitrogens is 1. The van der Waals surface area contributed by atoms with Crippen molar-refractivity contribution in [3.63, 3.8) is 0 Å². The number of aliphatic hydroxyl groups excluding tert-OH is 2. The lowest BCUT2D eigenvalue weighted by Gasteiger charge is -2.20. The fourth-order valence-electron chi connectivity index (χ4n) is 2.59. The number of fused-ring (bicyclic) bond motifs is 1. The van der Waals surface area contributed by atoms with Crippen molar-refractivity contribution in [3.05, 3.63) is 35.5 Å². The standard InChI is InChI=1S/C16H22N2O3/c1-2-12-4-3-5-14-13(11-17-16(12)14)10-15(21)18(6-8-19)7-9-20/h3-5,11,17,19-20H,2,6-10H2,1H3. The Hall–Kier alpha value is -1.85. The van der Waals surface area contributed by atoms with Crippen LogP contribution >= 0.6 is 0 Å². The summed E-state index contributed by atoms with van der Waals surface area (Å²) in [6, 6.07) is 6.09. The molecule has 0 aliphatic rings. The second-order valence-corrected chi connectivity index (χ2v) is 5.01. The molecule has 0 atom stereocenters. The number of aryl methyl sites for hydroxylation is 1. The smallest absolute Gasteiger partial charge is 0.227 e. The largest absolute Gasteiger partial charge is 0.395 e. The van der Waals surface area contributed by atoms with Crippen LogP contribution in [0.15, 0.2) is 24.4 Å². The van der Waals surface area contributed by atoms with Crippen LogP contribution < -0.4 is 0 Å². The molecule has 0 spiro atoms. The molecule has 1 heterocycles. The lowest BCUT2D eigenvalue weighted by Crippen LogP contribution is -2.36. The molecule has 2 rings (SSSR count). The molecule has 114 valence electrons. The number of carbonyl (C=O) groups is 1. The van der Waals surface area contributed by atoms with Gasteiger partial charge in [-0.15, -0.1) is 0 Å². The Balaban J connectivity index is 2.21. The maximum atomic E-state index is 12.3. The normalized spacial score (nSPS) is 11.0. The first-order valence-electron chi connectivity index (χ1n) is 7.28. The molecule has 1 aromatic carbocycles. The third-order valence-corrected chi connectivity index (χ3v) is 3.70. The topological polar surface area (TPSA) is 76.6 Å². The summed E-state index contributed by atoms with van der Waals surface area (Å²) in [6.07, 6.45) is 3.08. The van der Waals surface area contributed by atoms with Crippen molar-refractivity contribution in [3.8, 4) is 0 Å². The number of amides is 1. The zero-order valence-corrected chi connectivity index (χ0v) is 12.3. The van der Waals surface area contributed by atoms with Crippen molar-refractivity contribution < 1.29 is 15.0 Å². The predicted molar refractivity (Wildman–Crippen MR) is 82.1 cm³/mol. The Morgan fingerprint density at radius 3 is 2.52 bits per heavy atom. The molecule has 1 aromatic heterocycles. The second-order valence-electron chi connectivity index (χ2n) is 5.01. The number of rotatable bonds is 7. The lowest BCUT2D eigenvalue weighted by atomic mass is 10.1. The molecule has 0 radical (unpaired) electrons. The van der Waals surface area contributed by atoms with Crippen molar-refractivity contribution in [2.75, 3.05) is 26.3 Å². The molecule has 1 amide bonds. The third-order valence-electron chi connectivity index (χ3n) is 3.70. The van der Waals surface area contributed by atoms with Crippen molar-refractivity contribution >= 4 is 16.8 Å². The Morgan fingerprint density at radius 2 is 1.90 bits per heavy atom. The van der Waals surface area contributed by atoms with Gasteiger partial charge in [-0.2, -0.15) is 0 Å². The number of hydrogen-bond acceptors (Lipinski definition) is 3. The number of para-hydroxylation sites is 1. The van der Waals surface area contributed by atoms with Crippen molar-refractivity contribution in [2.24, 2.45) is 0 Å². The first kappa shape index (κ1) is 15.5. The fourth-order valence-corrected chi connectivity index (χ4v) is 2.59. The zero-order chi connectivity index (χ0) is 15.2. The number of carbonyl (C=O) groups excluding carboxylic acids is 1. The van der Waals surface area contributed by atoms with E-state index in [1.807, 2.05) is 18.3 Å². The zero-order valence-electron chi connectivity index (χ0n) is 12.3. The van der Waals surface area contributed by atoms with Gasteiger partial charge in [0.25, 0.3) is 0 Å². The number of aromatic amines is 1. The quantitative estimate of drug-likeness (QED) is 0.714. The van der Waals surface area contributed by atoms with E-state index < -0.39 is 0 Å². The second kappa shape index (κ2) is 7.24. The summed E-state index contributed by atoms with van der Waals surface area (Å²) in [5.41, 5.74) is 3.26. The highest BCUT2D eigenvalue weighted by atomic mass is 16.3. The molecule has 5 heteroatoms. The average Bonchev–Trinajstić information content (AvgIpc) is 2.90. The molecule has 3 N–H and O–H groups in total. The van der Waals surface area contributed by atoms with Crippen molar-refractivity contribution in [1.82, 2.24) is 9.88 Å². The first-order valence-corrected chi connectivity index (χ1v) is 7.28. The Kier molecular flexibility index (Phi) is 5.36. The number of hydrogen-bond donors (Lipinski definition) is 3. The van der Waals surface area contributed by atoms with Crippen LogP contribution in [0.25, 0.3) is 10.9 Å². The van der Waals surface area contributed by atoms with Crippen molar-refractivity contribution in [1.29, 1.82) is 0 Å². The summed E-state index contributed by atoms with van der Waals surface area (Å²) in [5, 5.41) is 19.1. The van der Waals surface area contributed by atoms with Crippen LogP contribution in [0, 0.1) is 0 Å². The molecule has 5 nitrogen and oxygen atoms in total. The maximum absolute atomic E-state index is 12.3. The Labute approximate surface area is 124 Å². The van der Waals surface area contributed by atoms with Gasteiger partial charge in [0.15, 0.2) is 0 Å². The van der Waals surface area contributed by atoms with Gasteiger partial charge in [0.05, 0.1) is 19.6 Å². The first-order chi connectivity index (χ1) is 10.2. The minimum absolute atomic E-state index is 0.0825. The monoisotopic (exact) mass is 290 g/mol. The van der Waals surface area contributed by atoms with Crippen LogP contribution in [0.3, 0.4) is 0 Å². The number of aliphatic hydroxyl groups is 2. The minimum atomic E-state index is -0.0976. The molecule has 0 aliphatic heterocycles. The number of benzene rings is 1. The molecule has 0 unspecified atom stereocenters. The van der Waals surface area contributed by atoms with E-state index in [1.54, 1.807) is 0 Å². The van der Waals surface area contributed by atoms with E-state index in [0.29, 0.717) is 0 Å². The fraction of sp³-hybridized carbons (Fsp3) is 0.438. The molecule has 21 heavy (non-hydrogen) atoms. The summed E-state index contributed by atoms with van der Waals surface area (Å²) in [6.45, 7) is 2.41. The summed E-state index contributed by atoms with van der Waals surface area (Å²) in [5.74, 6) is -0.0825. The van der Waals surface area contributed by atoms with Gasteiger partial charge >= 0.3 is 0 Å². The highest BCUT2D eigenvalue weighted by Crippen LogP contribution is 2.23. The Morgan fingerprint density at radius 1 is 1.19 bits per heavy atom. The summed E-state index contributed by atoms with van der Waals surface area (Å²) < 4.78 is 0. The highest BCUT2D eigenvalue weighted by Gasteiger charge is 2.15. The molecule has 0 saturated carbocycles. The number of H-pyrrole nitrogens is 1. The van der Waals surface area contributed by atoms with Gasteiger partial charge in [-0.1, -0.05) is 25.1 Å². The van der Waals surface area contributed by atoms with Crippen LogP contribution in [0.1, 0.15) is 18.1 Å². The van der Waals surface area contributed by atoms with Crippen LogP contribution in [-0.4, -0.2) is 52.3 Å². The minimum Gasteiger partial charge on any atom is -0.395 e. The van der Waals surface area contributed by atoms with E-state index in [-0.39, 0.29) is 38.6 Å². The van der Waals surface area contributed by atoms with Crippen LogP contribution in [0.4, 0.5) is 0 Å². The molecule has 0 aliphatic carbocycles. The molecule has 0 fully saturated rings. The average molecular weight is 290 g/mol. The summed E-state index contributed by atoms with van der Waals surface area (Å²) in [4.78, 5) is 17.0. The molecular weight excluding hydrogens is 268 g/mol. The van der Waals surface area contributed by atoms with E-state index in [0.717, 1.165) is 22.9 Å². The van der Waals surface area contributed by atoms with Crippen LogP contribution in [-0.2, 0) is 17.6 Å². The third kappa shape index (κ3) is 3.43. The van der Waals surface area contributed by atoms with E-state index in [4.69, 9.17) is 10.2 Å². The van der Waals surface area contributed by atoms with Crippen LogP contribution in [0.5, 0.6) is 0 Å². The van der Waals surface area contributed by atoms with Gasteiger partial charge in [-0.3, -0.25) is 4.79 Å². The van der Waals surface area contributed by atoms with Gasteiger partial charge in [-0.25, -0.2) is 0 Å². The summed E-state index contributed by atoms with van der Waals surface area (Å²) in [7, 11) is 0. The van der Waals surface area contributed by atoms with Gasteiger partial charge in [0, 0.05) is 30.2 Å². The van der Waals surface area contributed by atoms with Gasteiger partial charge in [0.1, 0.15) is 0 Å². The van der Waals surface area contributed by atoms with Crippen LogP contribution in [0.2, 0.25) is 0 Å². The van der Waals surface area contributed by atoms with E-state index in [2.05, 4.69) is 18.0 Å². The van der Waals surface area contributed by atoms with E-state index >= 15 is 0 Å². The number of nitrogens with one attached hydrogen (secondary N) is 1. The molecule has 2 aromatic rings. The number of nitrogens with zero attached hydrogens (tertiary/aromatic N) is 1. The van der Waals surface area contributed by atoms with Gasteiger partial charge in [-0.05, 0) is 17.5 Å². The molecule has 0 bridgehead atoms. The molecular formula is C16H22N2O3. The Bertz CT molecular complexity index is 601. The van der Waals surface area contributed by atoms with Crippen molar-refractivity contribution in [2.45, 2.75) is 19.8 Å². The van der Waals surface area contributed by atoms with Gasteiger partial charge in [0.2, 0.25) is 5.91 Å². The SMILES string of the molecule is CCc1cccc2c(CC(=O)N(CCO)CCO)c[nH]c12. The predicted octanol–water partition coefficient (Wildman–Crippen LogP) is 1.09. The lowest BCUT2D eigenvalue weighted by molar-refractivity contribution is -0.131. The van der Waals surface area contributed by atoms with Gasteiger partial charge < -0.3 is 20.1 Å². The van der Waals surface area contributed by atoms with E-state index in [9.17, 15) is 4.79 Å². The molecule has 0 saturated heterocycles. The maximum Gasteiger partial charge on any atom is 0.227 e. The summed E-state index contributed by atoms with van der Waals surface area (Å²) >= 11 is 0.